The van der Waals surface area contributed by atoms with Crippen LogP contribution < -0.4 is 15.0 Å². The summed E-state index contributed by atoms with van der Waals surface area (Å²) >= 11 is 2.17. The third-order valence-electron chi connectivity index (χ3n) is 3.95. The smallest absolute Gasteiger partial charge is 0.421 e. The Bertz CT molecular complexity index is 947. The maximum Gasteiger partial charge on any atom is 0.421 e. The highest BCUT2D eigenvalue weighted by molar-refractivity contribution is 14.1. The molecule has 3 rings (SSSR count). The Morgan fingerprint density at radius 2 is 1.68 bits per heavy atom. The predicted molar refractivity (Wildman–Crippen MR) is 111 cm³/mol. The minimum absolute atomic E-state index is 0.0737. The zero-order chi connectivity index (χ0) is 20.3. The quantitative estimate of drug-likeness (QED) is 0.461. The average molecular weight is 500 g/mol. The van der Waals surface area contributed by atoms with Crippen LogP contribution in [-0.4, -0.2) is 24.1 Å². The van der Waals surface area contributed by atoms with Crippen molar-refractivity contribution in [2.24, 2.45) is 0 Å². The molecule has 0 unspecified atom stereocenters. The molecule has 0 spiro atoms. The number of alkyl halides is 3. The highest BCUT2D eigenvalue weighted by Gasteiger charge is 2.36. The predicted octanol–water partition coefficient (Wildman–Crippen LogP) is 5.62. The van der Waals surface area contributed by atoms with Gasteiger partial charge in [-0.05, 0) is 71.1 Å². The molecule has 0 bridgehead atoms. The third kappa shape index (κ3) is 4.64. The lowest BCUT2D eigenvalue weighted by Gasteiger charge is -2.23. The number of nitrogens with one attached hydrogen (secondary N) is 1. The van der Waals surface area contributed by atoms with Gasteiger partial charge in [0.25, 0.3) is 0 Å². The highest BCUT2D eigenvalue weighted by Crippen LogP contribution is 2.38. The van der Waals surface area contributed by atoms with Crippen LogP contribution in [0.4, 0.5) is 36.3 Å². The number of rotatable bonds is 5. The molecule has 3 aromatic rings. The number of aromatic nitrogens is 2. The molecule has 0 aliphatic heterocycles. The maximum absolute atomic E-state index is 13.5. The van der Waals surface area contributed by atoms with Crippen molar-refractivity contribution in [1.29, 1.82) is 0 Å². The summed E-state index contributed by atoms with van der Waals surface area (Å²) in [4.78, 5) is 9.33. The first-order chi connectivity index (χ1) is 13.3. The van der Waals surface area contributed by atoms with Gasteiger partial charge in [0.1, 0.15) is 11.3 Å². The van der Waals surface area contributed by atoms with Crippen molar-refractivity contribution < 1.29 is 17.9 Å². The second kappa shape index (κ2) is 8.21. The third-order valence-corrected chi connectivity index (χ3v) is 4.67. The molecule has 0 fully saturated rings. The van der Waals surface area contributed by atoms with Crippen molar-refractivity contribution >= 4 is 45.7 Å². The topological polar surface area (TPSA) is 50.3 Å². The van der Waals surface area contributed by atoms with Crippen LogP contribution in [0.2, 0.25) is 0 Å². The van der Waals surface area contributed by atoms with Crippen molar-refractivity contribution in [1.82, 2.24) is 9.97 Å². The van der Waals surface area contributed by atoms with E-state index >= 15 is 0 Å². The van der Waals surface area contributed by atoms with Gasteiger partial charge in [0.2, 0.25) is 5.95 Å². The van der Waals surface area contributed by atoms with E-state index in [1.54, 1.807) is 36.4 Å². The molecule has 9 heteroatoms. The number of ether oxygens (including phenoxy) is 1. The fraction of sp³-hybridized carbons (Fsp3) is 0.158. The summed E-state index contributed by atoms with van der Waals surface area (Å²) in [5.41, 5.74) is 0.294. The van der Waals surface area contributed by atoms with Crippen LogP contribution in [0.3, 0.4) is 0 Å². The van der Waals surface area contributed by atoms with Gasteiger partial charge in [0, 0.05) is 28.2 Å². The molecular weight excluding hydrogens is 484 g/mol. The fourth-order valence-corrected chi connectivity index (χ4v) is 2.84. The normalized spacial score (nSPS) is 11.2. The second-order valence-electron chi connectivity index (χ2n) is 5.82. The Balaban J connectivity index is 1.98. The van der Waals surface area contributed by atoms with Crippen molar-refractivity contribution in [3.8, 4) is 5.75 Å². The first-order valence-corrected chi connectivity index (χ1v) is 9.20. The van der Waals surface area contributed by atoms with Gasteiger partial charge in [-0.15, -0.1) is 0 Å². The number of hydrogen-bond donors (Lipinski definition) is 1. The molecule has 1 N–H and O–H groups in total. The van der Waals surface area contributed by atoms with E-state index in [2.05, 4.69) is 37.9 Å². The van der Waals surface area contributed by atoms with E-state index in [1.165, 1.54) is 19.1 Å². The number of hydrogen-bond acceptors (Lipinski definition) is 5. The molecule has 0 saturated carbocycles. The van der Waals surface area contributed by atoms with Crippen LogP contribution in [0.15, 0.2) is 54.7 Å². The zero-order valence-electron chi connectivity index (χ0n) is 15.0. The molecule has 1 heterocycles. The number of benzene rings is 2. The van der Waals surface area contributed by atoms with Gasteiger partial charge in [0.15, 0.2) is 5.82 Å². The van der Waals surface area contributed by atoms with Gasteiger partial charge < -0.3 is 15.0 Å². The molecule has 28 heavy (non-hydrogen) atoms. The summed E-state index contributed by atoms with van der Waals surface area (Å²) in [5, 5.41) is 2.94. The largest absolute Gasteiger partial charge is 0.497 e. The Morgan fingerprint density at radius 1 is 1.04 bits per heavy atom. The number of methoxy groups -OCH3 is 1. The van der Waals surface area contributed by atoms with Gasteiger partial charge in [-0.1, -0.05) is 0 Å². The summed E-state index contributed by atoms with van der Waals surface area (Å²) in [5.74, 6) is 0.433. The number of halogens is 4. The van der Waals surface area contributed by atoms with Crippen LogP contribution in [0.5, 0.6) is 5.75 Å². The van der Waals surface area contributed by atoms with Crippen LogP contribution in [0.25, 0.3) is 0 Å². The lowest BCUT2D eigenvalue weighted by molar-refractivity contribution is -0.137. The van der Waals surface area contributed by atoms with Gasteiger partial charge >= 0.3 is 6.18 Å². The molecular formula is C19H16F3IN4O. The summed E-state index contributed by atoms with van der Waals surface area (Å²) in [6.07, 6.45) is -3.80. The maximum atomic E-state index is 13.5. The highest BCUT2D eigenvalue weighted by atomic mass is 127. The van der Waals surface area contributed by atoms with Crippen LogP contribution >= 0.6 is 22.6 Å². The van der Waals surface area contributed by atoms with E-state index in [0.29, 0.717) is 17.1 Å². The van der Waals surface area contributed by atoms with Gasteiger partial charge in [0.05, 0.1) is 7.11 Å². The van der Waals surface area contributed by atoms with Crippen molar-refractivity contribution in [2.45, 2.75) is 6.18 Å². The monoisotopic (exact) mass is 500 g/mol. The molecule has 146 valence electrons. The second-order valence-corrected chi connectivity index (χ2v) is 7.06. The Labute approximate surface area is 173 Å². The van der Waals surface area contributed by atoms with E-state index in [0.717, 1.165) is 9.77 Å². The number of anilines is 4. The standard InChI is InChI=1S/C19H16F3IN4O/c1-27(14-7-9-15(28-2)10-8-14)17-16(19(20,21)22)11-24-18(26-17)25-13-5-3-12(23)4-6-13/h3-11H,1-2H3,(H,24,25,26). The molecule has 0 atom stereocenters. The molecule has 2 aromatic carbocycles. The van der Waals surface area contributed by atoms with E-state index in [1.807, 2.05) is 12.1 Å². The van der Waals surface area contributed by atoms with Gasteiger partial charge in [-0.2, -0.15) is 18.2 Å². The molecule has 0 aliphatic carbocycles. The Hall–Kier alpha value is -2.56. The minimum Gasteiger partial charge on any atom is -0.497 e. The summed E-state index contributed by atoms with van der Waals surface area (Å²) in [6, 6.07) is 14.0. The van der Waals surface area contributed by atoms with Crippen LogP contribution in [0.1, 0.15) is 5.56 Å². The zero-order valence-corrected chi connectivity index (χ0v) is 17.1. The van der Waals surface area contributed by atoms with Crippen molar-refractivity contribution in [3.05, 3.63) is 63.9 Å². The SMILES string of the molecule is COc1ccc(N(C)c2nc(Nc3ccc(I)cc3)ncc2C(F)(F)F)cc1. The summed E-state index contributed by atoms with van der Waals surface area (Å²) in [7, 11) is 3.04. The summed E-state index contributed by atoms with van der Waals surface area (Å²) < 4.78 is 46.6. The first-order valence-electron chi connectivity index (χ1n) is 8.12. The number of nitrogens with zero attached hydrogens (tertiary/aromatic N) is 3. The van der Waals surface area contributed by atoms with E-state index in [4.69, 9.17) is 4.74 Å². The Morgan fingerprint density at radius 3 is 2.25 bits per heavy atom. The van der Waals surface area contributed by atoms with E-state index < -0.39 is 11.7 Å². The Kier molecular flexibility index (Phi) is 5.92. The fourth-order valence-electron chi connectivity index (χ4n) is 2.48. The van der Waals surface area contributed by atoms with E-state index in [9.17, 15) is 13.2 Å². The van der Waals surface area contributed by atoms with E-state index in [-0.39, 0.29) is 11.8 Å². The van der Waals surface area contributed by atoms with Crippen molar-refractivity contribution in [2.75, 3.05) is 24.4 Å². The molecule has 0 amide bonds. The molecule has 0 aliphatic rings. The van der Waals surface area contributed by atoms with Crippen LogP contribution in [-0.2, 0) is 6.18 Å². The summed E-state index contributed by atoms with van der Waals surface area (Å²) in [6.45, 7) is 0. The lowest BCUT2D eigenvalue weighted by atomic mass is 10.2. The van der Waals surface area contributed by atoms with Gasteiger partial charge in [-0.25, -0.2) is 4.98 Å². The van der Waals surface area contributed by atoms with Crippen molar-refractivity contribution in [3.63, 3.8) is 0 Å². The average Bonchev–Trinajstić information content (AvgIpc) is 2.68. The molecule has 1 aromatic heterocycles. The first kappa shape index (κ1) is 20.2. The lowest BCUT2D eigenvalue weighted by Crippen LogP contribution is -2.19. The molecule has 0 radical (unpaired) electrons. The molecule has 0 saturated heterocycles. The van der Waals surface area contributed by atoms with Gasteiger partial charge in [-0.3, -0.25) is 0 Å². The van der Waals surface area contributed by atoms with Crippen LogP contribution in [0, 0.1) is 3.57 Å². The molecule has 5 nitrogen and oxygen atoms in total. The minimum atomic E-state index is -4.59.